The van der Waals surface area contributed by atoms with Crippen LogP contribution in [-0.4, -0.2) is 29.9 Å². The van der Waals surface area contributed by atoms with Crippen LogP contribution in [0.3, 0.4) is 0 Å². The standard InChI is InChI=1S/C13H21NO2S2/c1-2-11(5-6-15)8-14-13(16)10-17-9-12-4-3-7-18-12/h3-4,7,11,15H,2,5-6,8-10H2,1H3,(H,14,16). The number of carbonyl (C=O) groups is 1. The molecule has 1 amide bonds. The third-order valence-corrected chi connectivity index (χ3v) is 4.80. The molecular weight excluding hydrogens is 266 g/mol. The van der Waals surface area contributed by atoms with Gasteiger partial charge in [-0.25, -0.2) is 0 Å². The van der Waals surface area contributed by atoms with Gasteiger partial charge in [0.25, 0.3) is 0 Å². The predicted molar refractivity (Wildman–Crippen MR) is 79.0 cm³/mol. The molecule has 0 spiro atoms. The van der Waals surface area contributed by atoms with Gasteiger partial charge in [0.2, 0.25) is 5.91 Å². The maximum absolute atomic E-state index is 11.6. The van der Waals surface area contributed by atoms with E-state index in [-0.39, 0.29) is 12.5 Å². The third-order valence-electron chi connectivity index (χ3n) is 2.76. The molecule has 0 bridgehead atoms. The summed E-state index contributed by atoms with van der Waals surface area (Å²) in [5, 5.41) is 13.8. The lowest BCUT2D eigenvalue weighted by atomic mass is 10.0. The minimum atomic E-state index is 0.0907. The first-order valence-electron chi connectivity index (χ1n) is 6.24. The van der Waals surface area contributed by atoms with Crippen LogP contribution in [0.5, 0.6) is 0 Å². The van der Waals surface area contributed by atoms with E-state index in [0.717, 1.165) is 18.6 Å². The van der Waals surface area contributed by atoms with Crippen LogP contribution in [0.15, 0.2) is 17.5 Å². The first-order valence-corrected chi connectivity index (χ1v) is 8.27. The molecule has 1 unspecified atom stereocenters. The van der Waals surface area contributed by atoms with Crippen molar-refractivity contribution in [2.24, 2.45) is 5.92 Å². The van der Waals surface area contributed by atoms with Crippen LogP contribution in [0.4, 0.5) is 0 Å². The molecule has 1 heterocycles. The van der Waals surface area contributed by atoms with E-state index < -0.39 is 0 Å². The summed E-state index contributed by atoms with van der Waals surface area (Å²) in [4.78, 5) is 12.9. The minimum Gasteiger partial charge on any atom is -0.396 e. The van der Waals surface area contributed by atoms with Crippen molar-refractivity contribution in [3.05, 3.63) is 22.4 Å². The van der Waals surface area contributed by atoms with Crippen molar-refractivity contribution in [2.45, 2.75) is 25.5 Å². The average molecular weight is 287 g/mol. The summed E-state index contributed by atoms with van der Waals surface area (Å²) < 4.78 is 0. The number of carbonyl (C=O) groups excluding carboxylic acids is 1. The zero-order chi connectivity index (χ0) is 13.2. The fourth-order valence-corrected chi connectivity index (χ4v) is 3.28. The summed E-state index contributed by atoms with van der Waals surface area (Å²) in [6.07, 6.45) is 1.75. The number of nitrogens with one attached hydrogen (secondary N) is 1. The number of thiophene rings is 1. The second-order valence-electron chi connectivity index (χ2n) is 4.16. The Labute approximate surface area is 117 Å². The van der Waals surface area contributed by atoms with E-state index in [2.05, 4.69) is 23.7 Å². The number of hydrogen-bond acceptors (Lipinski definition) is 4. The highest BCUT2D eigenvalue weighted by Gasteiger charge is 2.08. The van der Waals surface area contributed by atoms with Crippen LogP contribution >= 0.6 is 23.1 Å². The molecule has 0 saturated carbocycles. The quantitative estimate of drug-likeness (QED) is 0.734. The second kappa shape index (κ2) is 9.42. The fraction of sp³-hybridized carbons (Fsp3) is 0.615. The molecule has 1 atom stereocenters. The van der Waals surface area contributed by atoms with Gasteiger partial charge >= 0.3 is 0 Å². The van der Waals surface area contributed by atoms with Crippen molar-refractivity contribution in [3.8, 4) is 0 Å². The van der Waals surface area contributed by atoms with Crippen LogP contribution in [0.25, 0.3) is 0 Å². The van der Waals surface area contributed by atoms with Gasteiger partial charge < -0.3 is 10.4 Å². The summed E-state index contributed by atoms with van der Waals surface area (Å²) in [5.41, 5.74) is 0. The van der Waals surface area contributed by atoms with E-state index in [1.54, 1.807) is 23.1 Å². The number of amides is 1. The molecule has 0 fully saturated rings. The molecule has 102 valence electrons. The van der Waals surface area contributed by atoms with Crippen LogP contribution < -0.4 is 5.32 Å². The van der Waals surface area contributed by atoms with Gasteiger partial charge in [0.1, 0.15) is 0 Å². The Balaban J connectivity index is 2.09. The second-order valence-corrected chi connectivity index (χ2v) is 6.18. The van der Waals surface area contributed by atoms with Gasteiger partial charge in [-0.2, -0.15) is 0 Å². The molecule has 18 heavy (non-hydrogen) atoms. The molecule has 1 aromatic rings. The molecule has 2 N–H and O–H groups in total. The lowest BCUT2D eigenvalue weighted by Crippen LogP contribution is -2.30. The lowest BCUT2D eigenvalue weighted by molar-refractivity contribution is -0.118. The van der Waals surface area contributed by atoms with Crippen LogP contribution in [-0.2, 0) is 10.5 Å². The Kier molecular flexibility index (Phi) is 8.13. The molecule has 0 radical (unpaired) electrons. The topological polar surface area (TPSA) is 49.3 Å². The van der Waals surface area contributed by atoms with E-state index >= 15 is 0 Å². The molecular formula is C13H21NO2S2. The van der Waals surface area contributed by atoms with E-state index in [1.807, 2.05) is 6.07 Å². The van der Waals surface area contributed by atoms with Crippen molar-refractivity contribution in [1.29, 1.82) is 0 Å². The van der Waals surface area contributed by atoms with Crippen molar-refractivity contribution in [1.82, 2.24) is 5.32 Å². The maximum atomic E-state index is 11.6. The summed E-state index contributed by atoms with van der Waals surface area (Å²) in [7, 11) is 0. The molecule has 0 aliphatic carbocycles. The van der Waals surface area contributed by atoms with Crippen molar-refractivity contribution in [2.75, 3.05) is 18.9 Å². The zero-order valence-corrected chi connectivity index (χ0v) is 12.4. The van der Waals surface area contributed by atoms with Gasteiger partial charge in [0.15, 0.2) is 0 Å². The van der Waals surface area contributed by atoms with Crippen LogP contribution in [0.1, 0.15) is 24.6 Å². The summed E-state index contributed by atoms with van der Waals surface area (Å²) in [6, 6.07) is 4.12. The first kappa shape index (κ1) is 15.5. The normalized spacial score (nSPS) is 12.3. The highest BCUT2D eigenvalue weighted by Crippen LogP contribution is 2.16. The highest BCUT2D eigenvalue weighted by atomic mass is 32.2. The number of aliphatic hydroxyl groups excluding tert-OH is 1. The van der Waals surface area contributed by atoms with Crippen molar-refractivity contribution >= 4 is 29.0 Å². The van der Waals surface area contributed by atoms with Crippen molar-refractivity contribution in [3.63, 3.8) is 0 Å². The molecule has 1 aromatic heterocycles. The summed E-state index contributed by atoms with van der Waals surface area (Å²) >= 11 is 3.36. The van der Waals surface area contributed by atoms with E-state index in [9.17, 15) is 4.79 Å². The van der Waals surface area contributed by atoms with Gasteiger partial charge in [-0.05, 0) is 23.8 Å². The third kappa shape index (κ3) is 6.42. The molecule has 0 aliphatic rings. The molecule has 0 aromatic carbocycles. The van der Waals surface area contributed by atoms with Gasteiger partial charge in [-0.3, -0.25) is 4.79 Å². The smallest absolute Gasteiger partial charge is 0.230 e. The molecule has 0 aliphatic heterocycles. The Morgan fingerprint density at radius 3 is 3.06 bits per heavy atom. The summed E-state index contributed by atoms with van der Waals surface area (Å²) in [5.74, 6) is 1.89. The Morgan fingerprint density at radius 2 is 2.44 bits per heavy atom. The fourth-order valence-electron chi connectivity index (χ4n) is 1.58. The Bertz CT molecular complexity index is 328. The number of thioether (sulfide) groups is 1. The SMILES string of the molecule is CCC(CCO)CNC(=O)CSCc1cccs1. The van der Waals surface area contributed by atoms with Crippen LogP contribution in [0, 0.1) is 5.92 Å². The van der Waals surface area contributed by atoms with E-state index in [4.69, 9.17) is 5.11 Å². The minimum absolute atomic E-state index is 0.0907. The maximum Gasteiger partial charge on any atom is 0.230 e. The zero-order valence-electron chi connectivity index (χ0n) is 10.7. The predicted octanol–water partition coefficient (Wildman–Crippen LogP) is 2.51. The molecule has 0 saturated heterocycles. The van der Waals surface area contributed by atoms with E-state index in [1.165, 1.54) is 4.88 Å². The van der Waals surface area contributed by atoms with Gasteiger partial charge in [0.05, 0.1) is 5.75 Å². The van der Waals surface area contributed by atoms with E-state index in [0.29, 0.717) is 18.2 Å². The summed E-state index contributed by atoms with van der Waals surface area (Å²) in [6.45, 7) is 2.95. The largest absolute Gasteiger partial charge is 0.396 e. The monoisotopic (exact) mass is 287 g/mol. The molecule has 1 rings (SSSR count). The van der Waals surface area contributed by atoms with Gasteiger partial charge in [0, 0.05) is 23.8 Å². The first-order chi connectivity index (χ1) is 8.76. The van der Waals surface area contributed by atoms with Crippen LogP contribution in [0.2, 0.25) is 0 Å². The number of hydrogen-bond donors (Lipinski definition) is 2. The molecule has 3 nitrogen and oxygen atoms in total. The van der Waals surface area contributed by atoms with Crippen molar-refractivity contribution < 1.29 is 9.90 Å². The number of aliphatic hydroxyl groups is 1. The average Bonchev–Trinajstić information content (AvgIpc) is 2.87. The number of rotatable bonds is 9. The molecule has 5 heteroatoms. The van der Waals surface area contributed by atoms with Gasteiger partial charge in [-0.15, -0.1) is 23.1 Å². The van der Waals surface area contributed by atoms with Gasteiger partial charge in [-0.1, -0.05) is 19.4 Å². The lowest BCUT2D eigenvalue weighted by Gasteiger charge is -2.14. The Morgan fingerprint density at radius 1 is 1.61 bits per heavy atom. The Hall–Kier alpha value is -0.520. The highest BCUT2D eigenvalue weighted by molar-refractivity contribution is 7.99.